The van der Waals surface area contributed by atoms with Crippen LogP contribution in [0.3, 0.4) is 0 Å². The number of para-hydroxylation sites is 1. The average molecular weight is 342 g/mol. The summed E-state index contributed by atoms with van der Waals surface area (Å²) in [5, 5.41) is 10.3. The van der Waals surface area contributed by atoms with Crippen molar-refractivity contribution in [2.45, 2.75) is 0 Å². The number of nitrogens with zero attached hydrogens (tertiary/aromatic N) is 2. The highest BCUT2D eigenvalue weighted by Crippen LogP contribution is 2.33. The number of aromatic nitrogens is 2. The summed E-state index contributed by atoms with van der Waals surface area (Å²) < 4.78 is 1.67. The zero-order valence-corrected chi connectivity index (χ0v) is 12.6. The molecule has 0 aliphatic heterocycles. The van der Waals surface area contributed by atoms with Gasteiger partial charge in [0.1, 0.15) is 11.8 Å². The van der Waals surface area contributed by atoms with Gasteiger partial charge in [0.25, 0.3) is 0 Å². The van der Waals surface area contributed by atoms with Crippen molar-refractivity contribution in [3.8, 4) is 5.69 Å². The van der Waals surface area contributed by atoms with Crippen LogP contribution >= 0.6 is 34.8 Å². The fourth-order valence-electron chi connectivity index (χ4n) is 2.10. The van der Waals surface area contributed by atoms with Crippen LogP contribution < -0.4 is 0 Å². The number of hydrogen-bond donors (Lipinski definition) is 1. The molecule has 106 valence electrons. The van der Waals surface area contributed by atoms with Gasteiger partial charge in [0.15, 0.2) is 0 Å². The van der Waals surface area contributed by atoms with Crippen LogP contribution in [0.5, 0.6) is 0 Å². The van der Waals surface area contributed by atoms with E-state index in [0.29, 0.717) is 31.8 Å². The van der Waals surface area contributed by atoms with Gasteiger partial charge in [0, 0.05) is 0 Å². The van der Waals surface area contributed by atoms with E-state index >= 15 is 0 Å². The molecule has 3 rings (SSSR count). The third-order valence-corrected chi connectivity index (χ3v) is 4.08. The van der Waals surface area contributed by atoms with Gasteiger partial charge in [-0.1, -0.05) is 40.9 Å². The molecule has 21 heavy (non-hydrogen) atoms. The van der Waals surface area contributed by atoms with Gasteiger partial charge >= 0.3 is 5.97 Å². The van der Waals surface area contributed by atoms with Gasteiger partial charge in [0.2, 0.25) is 0 Å². The number of benzene rings is 2. The minimum absolute atomic E-state index is 0.127. The van der Waals surface area contributed by atoms with Crippen molar-refractivity contribution in [2.75, 3.05) is 0 Å². The summed E-state index contributed by atoms with van der Waals surface area (Å²) in [5.41, 5.74) is 1.71. The number of aromatic carboxylic acids is 1. The molecule has 0 bridgehead atoms. The molecule has 1 N–H and O–H groups in total. The lowest BCUT2D eigenvalue weighted by Gasteiger charge is -2.08. The molecule has 0 saturated carbocycles. The normalized spacial score (nSPS) is 11.0. The van der Waals surface area contributed by atoms with E-state index in [0.717, 1.165) is 0 Å². The van der Waals surface area contributed by atoms with Gasteiger partial charge in [-0.25, -0.2) is 9.78 Å². The summed E-state index contributed by atoms with van der Waals surface area (Å²) in [6.07, 6.45) is 1.50. The van der Waals surface area contributed by atoms with Gasteiger partial charge < -0.3 is 5.11 Å². The molecule has 1 heterocycles. The van der Waals surface area contributed by atoms with Crippen molar-refractivity contribution in [3.63, 3.8) is 0 Å². The molecule has 3 aromatic rings. The highest BCUT2D eigenvalue weighted by Gasteiger charge is 2.15. The third kappa shape index (κ3) is 2.35. The Bertz CT molecular complexity index is 874. The zero-order chi connectivity index (χ0) is 15.1. The van der Waals surface area contributed by atoms with Gasteiger partial charge in [-0.05, 0) is 24.3 Å². The molecule has 0 atom stereocenters. The van der Waals surface area contributed by atoms with Crippen LogP contribution in [-0.4, -0.2) is 20.6 Å². The number of carboxylic acid groups (broad SMARTS) is 1. The van der Waals surface area contributed by atoms with E-state index in [9.17, 15) is 9.90 Å². The smallest absolute Gasteiger partial charge is 0.337 e. The van der Waals surface area contributed by atoms with E-state index in [1.165, 1.54) is 18.5 Å². The van der Waals surface area contributed by atoms with E-state index in [-0.39, 0.29) is 5.56 Å². The standard InChI is InChI=1S/C14H7Cl3N2O2/c15-8-4-10(17)12(5-9(8)16)19-6-18-13-7(14(20)21)2-1-3-11(13)19/h1-6H,(H,20,21). The Morgan fingerprint density at radius 2 is 1.81 bits per heavy atom. The van der Waals surface area contributed by atoms with Crippen molar-refractivity contribution < 1.29 is 9.90 Å². The fourth-order valence-corrected chi connectivity index (χ4v) is 2.73. The molecular formula is C14H7Cl3N2O2. The SMILES string of the molecule is O=C(O)c1cccc2c1ncn2-c1cc(Cl)c(Cl)cc1Cl. The molecule has 0 aliphatic rings. The number of rotatable bonds is 2. The Hall–Kier alpha value is -1.75. The average Bonchev–Trinajstić information content (AvgIpc) is 2.86. The predicted octanol–water partition coefficient (Wildman–Crippen LogP) is 4.68. The fraction of sp³-hybridized carbons (Fsp3) is 0. The van der Waals surface area contributed by atoms with Crippen molar-refractivity contribution in [1.82, 2.24) is 9.55 Å². The molecule has 0 spiro atoms. The molecule has 0 saturated heterocycles. The quantitative estimate of drug-likeness (QED) is 0.688. The molecule has 0 amide bonds. The molecule has 0 radical (unpaired) electrons. The van der Waals surface area contributed by atoms with E-state index < -0.39 is 5.97 Å². The number of fused-ring (bicyclic) bond motifs is 1. The van der Waals surface area contributed by atoms with Gasteiger partial charge in [-0.15, -0.1) is 0 Å². The van der Waals surface area contributed by atoms with Crippen LogP contribution in [0.4, 0.5) is 0 Å². The summed E-state index contributed by atoms with van der Waals surface area (Å²) in [7, 11) is 0. The lowest BCUT2D eigenvalue weighted by atomic mass is 10.2. The maximum atomic E-state index is 11.2. The summed E-state index contributed by atoms with van der Waals surface area (Å²) in [6.45, 7) is 0. The van der Waals surface area contributed by atoms with Gasteiger partial charge in [-0.3, -0.25) is 4.57 Å². The van der Waals surface area contributed by atoms with Crippen LogP contribution in [0.15, 0.2) is 36.7 Å². The molecule has 0 aliphatic carbocycles. The highest BCUT2D eigenvalue weighted by atomic mass is 35.5. The lowest BCUT2D eigenvalue weighted by molar-refractivity contribution is 0.0699. The van der Waals surface area contributed by atoms with Crippen molar-refractivity contribution in [3.05, 3.63) is 57.3 Å². The maximum Gasteiger partial charge on any atom is 0.337 e. The summed E-state index contributed by atoms with van der Waals surface area (Å²) in [4.78, 5) is 15.4. The zero-order valence-electron chi connectivity index (χ0n) is 10.3. The van der Waals surface area contributed by atoms with E-state index in [1.54, 1.807) is 22.8 Å². The first-order chi connectivity index (χ1) is 9.99. The molecule has 7 heteroatoms. The van der Waals surface area contributed by atoms with Gasteiger partial charge in [0.05, 0.1) is 31.8 Å². The first-order valence-corrected chi connectivity index (χ1v) is 6.96. The largest absolute Gasteiger partial charge is 0.478 e. The number of carboxylic acids is 1. The minimum atomic E-state index is -1.04. The second-order valence-corrected chi connectivity index (χ2v) is 5.53. The van der Waals surface area contributed by atoms with Crippen LogP contribution in [0.2, 0.25) is 15.1 Å². The minimum Gasteiger partial charge on any atom is -0.478 e. The van der Waals surface area contributed by atoms with Crippen molar-refractivity contribution in [2.24, 2.45) is 0 Å². The number of hydrogen-bond acceptors (Lipinski definition) is 2. The van der Waals surface area contributed by atoms with E-state index in [4.69, 9.17) is 34.8 Å². The predicted molar refractivity (Wildman–Crippen MR) is 83.1 cm³/mol. The van der Waals surface area contributed by atoms with E-state index in [2.05, 4.69) is 4.98 Å². The van der Waals surface area contributed by atoms with Crippen LogP contribution in [0.1, 0.15) is 10.4 Å². The molecule has 4 nitrogen and oxygen atoms in total. The van der Waals surface area contributed by atoms with Crippen molar-refractivity contribution in [1.29, 1.82) is 0 Å². The molecule has 2 aromatic carbocycles. The second-order valence-electron chi connectivity index (χ2n) is 4.31. The molecule has 0 unspecified atom stereocenters. The highest BCUT2D eigenvalue weighted by molar-refractivity contribution is 6.43. The first kappa shape index (κ1) is 14.2. The second kappa shape index (κ2) is 5.22. The summed E-state index contributed by atoms with van der Waals surface area (Å²) in [6, 6.07) is 8.05. The van der Waals surface area contributed by atoms with Crippen LogP contribution in [0.25, 0.3) is 16.7 Å². The maximum absolute atomic E-state index is 11.2. The Balaban J connectivity index is 2.30. The Labute approximate surface area is 134 Å². The summed E-state index contributed by atoms with van der Waals surface area (Å²) in [5.74, 6) is -1.04. The lowest BCUT2D eigenvalue weighted by Crippen LogP contribution is -1.98. The van der Waals surface area contributed by atoms with Crippen molar-refractivity contribution >= 4 is 51.8 Å². The van der Waals surface area contributed by atoms with Crippen LogP contribution in [0, 0.1) is 0 Å². The Morgan fingerprint density at radius 3 is 2.52 bits per heavy atom. The Kier molecular flexibility index (Phi) is 3.53. The third-order valence-electron chi connectivity index (χ3n) is 3.06. The van der Waals surface area contributed by atoms with E-state index in [1.807, 2.05) is 0 Å². The monoisotopic (exact) mass is 340 g/mol. The first-order valence-electron chi connectivity index (χ1n) is 5.83. The molecule has 0 fully saturated rings. The van der Waals surface area contributed by atoms with Crippen LogP contribution in [-0.2, 0) is 0 Å². The number of halogens is 3. The number of carbonyl (C=O) groups is 1. The topological polar surface area (TPSA) is 55.1 Å². The Morgan fingerprint density at radius 1 is 1.10 bits per heavy atom. The summed E-state index contributed by atoms with van der Waals surface area (Å²) >= 11 is 18.1. The molecule has 1 aromatic heterocycles. The number of imidazole rings is 1. The molecular weight excluding hydrogens is 335 g/mol. The van der Waals surface area contributed by atoms with Gasteiger partial charge in [-0.2, -0.15) is 0 Å².